The van der Waals surface area contributed by atoms with E-state index >= 15 is 0 Å². The highest BCUT2D eigenvalue weighted by Crippen LogP contribution is 2.28. The van der Waals surface area contributed by atoms with Crippen molar-refractivity contribution in [3.63, 3.8) is 0 Å². The minimum atomic E-state index is -0.371. The van der Waals surface area contributed by atoms with Crippen molar-refractivity contribution < 1.29 is 14.4 Å². The van der Waals surface area contributed by atoms with Gasteiger partial charge in [-0.05, 0) is 19.3 Å². The number of halogens is 1. The topological polar surface area (TPSA) is 105 Å². The molecule has 8 heteroatoms. The van der Waals surface area contributed by atoms with Crippen LogP contribution in [0.1, 0.15) is 38.5 Å². The lowest BCUT2D eigenvalue weighted by atomic mass is 9.97. The van der Waals surface area contributed by atoms with Gasteiger partial charge in [0.1, 0.15) is 0 Å². The van der Waals surface area contributed by atoms with E-state index in [9.17, 15) is 14.4 Å². The van der Waals surface area contributed by atoms with Gasteiger partial charge >= 0.3 is 6.03 Å². The Labute approximate surface area is 130 Å². The number of carbonyl (C=O) groups excluding carboxylic acids is 3. The first-order chi connectivity index (χ1) is 9.56. The molecule has 1 aliphatic heterocycles. The predicted molar refractivity (Wildman–Crippen MR) is 80.0 cm³/mol. The molecule has 1 aliphatic carbocycles. The van der Waals surface area contributed by atoms with E-state index in [0.717, 1.165) is 30.6 Å². The van der Waals surface area contributed by atoms with E-state index < -0.39 is 0 Å². The molecule has 0 aromatic rings. The summed E-state index contributed by atoms with van der Waals surface area (Å²) in [6.45, 7) is 0.806. The summed E-state index contributed by atoms with van der Waals surface area (Å²) in [5.74, 6) is -0.283. The summed E-state index contributed by atoms with van der Waals surface area (Å²) < 4.78 is 0. The minimum absolute atomic E-state index is 0. The maximum absolute atomic E-state index is 11.9. The molecule has 2 rings (SSSR count). The second-order valence-corrected chi connectivity index (χ2v) is 5.55. The van der Waals surface area contributed by atoms with Crippen LogP contribution in [0.3, 0.4) is 0 Å². The number of nitrogens with one attached hydrogen (secondary N) is 2. The Kier molecular flexibility index (Phi) is 6.42. The van der Waals surface area contributed by atoms with E-state index in [1.165, 1.54) is 0 Å². The number of nitrogens with zero attached hydrogens (tertiary/aromatic N) is 1. The highest BCUT2D eigenvalue weighted by atomic mass is 35.5. The van der Waals surface area contributed by atoms with Gasteiger partial charge in [-0.3, -0.25) is 14.5 Å². The SMILES string of the molecule is Cl.NCC1(NC(=O)CCCN2C(=O)CNC2=O)CCCC1. The Morgan fingerprint density at radius 1 is 1.33 bits per heavy atom. The van der Waals surface area contributed by atoms with Gasteiger partial charge in [0, 0.05) is 19.5 Å². The molecule has 4 amide bonds. The maximum atomic E-state index is 11.9. The molecule has 0 spiro atoms. The lowest BCUT2D eigenvalue weighted by Gasteiger charge is -2.28. The van der Waals surface area contributed by atoms with Crippen molar-refractivity contribution in [1.82, 2.24) is 15.5 Å². The number of urea groups is 1. The molecule has 0 radical (unpaired) electrons. The van der Waals surface area contributed by atoms with Crippen molar-refractivity contribution in [2.75, 3.05) is 19.6 Å². The number of hydrogen-bond donors (Lipinski definition) is 3. The van der Waals surface area contributed by atoms with Gasteiger partial charge in [0.2, 0.25) is 11.8 Å². The number of nitrogens with two attached hydrogens (primary N) is 1. The average molecular weight is 319 g/mol. The van der Waals surface area contributed by atoms with Crippen LogP contribution in [0.25, 0.3) is 0 Å². The van der Waals surface area contributed by atoms with Crippen LogP contribution in [0.2, 0.25) is 0 Å². The third kappa shape index (κ3) is 4.31. The van der Waals surface area contributed by atoms with Crippen molar-refractivity contribution in [1.29, 1.82) is 0 Å². The lowest BCUT2D eigenvalue weighted by molar-refractivity contribution is -0.126. The van der Waals surface area contributed by atoms with Crippen LogP contribution < -0.4 is 16.4 Å². The highest BCUT2D eigenvalue weighted by Gasteiger charge is 2.34. The van der Waals surface area contributed by atoms with Crippen molar-refractivity contribution in [3.05, 3.63) is 0 Å². The van der Waals surface area contributed by atoms with E-state index in [1.54, 1.807) is 0 Å². The summed E-state index contributed by atoms with van der Waals surface area (Å²) in [4.78, 5) is 35.8. The largest absolute Gasteiger partial charge is 0.349 e. The molecule has 0 aromatic heterocycles. The summed E-state index contributed by atoms with van der Waals surface area (Å²) >= 11 is 0. The zero-order valence-corrected chi connectivity index (χ0v) is 12.8. The quantitative estimate of drug-likeness (QED) is 0.605. The van der Waals surface area contributed by atoms with Crippen molar-refractivity contribution >= 4 is 30.3 Å². The Morgan fingerprint density at radius 2 is 2.00 bits per heavy atom. The van der Waals surface area contributed by atoms with Crippen molar-refractivity contribution in [3.8, 4) is 0 Å². The summed E-state index contributed by atoms with van der Waals surface area (Å²) in [6, 6.07) is -0.371. The Hall–Kier alpha value is -1.34. The molecule has 0 bridgehead atoms. The van der Waals surface area contributed by atoms with Gasteiger partial charge in [-0.25, -0.2) is 4.79 Å². The molecular weight excluding hydrogens is 296 g/mol. The monoisotopic (exact) mass is 318 g/mol. The molecule has 0 unspecified atom stereocenters. The molecule has 4 N–H and O–H groups in total. The molecule has 2 aliphatic rings. The molecule has 1 heterocycles. The Bertz CT molecular complexity index is 394. The first-order valence-corrected chi connectivity index (χ1v) is 7.16. The van der Waals surface area contributed by atoms with E-state index in [2.05, 4.69) is 10.6 Å². The first-order valence-electron chi connectivity index (χ1n) is 7.16. The van der Waals surface area contributed by atoms with Crippen molar-refractivity contribution in [2.45, 2.75) is 44.1 Å². The van der Waals surface area contributed by atoms with Gasteiger partial charge < -0.3 is 16.4 Å². The van der Waals surface area contributed by atoms with Gasteiger partial charge in [-0.2, -0.15) is 0 Å². The standard InChI is InChI=1S/C13H22N4O3.ClH/c14-9-13(5-1-2-6-13)16-10(18)4-3-7-17-11(19)8-15-12(17)20;/h1-9,14H2,(H,15,20)(H,16,18);1H. The second-order valence-electron chi connectivity index (χ2n) is 5.55. The molecule has 21 heavy (non-hydrogen) atoms. The highest BCUT2D eigenvalue weighted by molar-refractivity contribution is 6.01. The molecule has 1 saturated heterocycles. The van der Waals surface area contributed by atoms with Gasteiger partial charge in [0.15, 0.2) is 0 Å². The van der Waals surface area contributed by atoms with Gasteiger partial charge in [0.25, 0.3) is 0 Å². The zero-order valence-electron chi connectivity index (χ0n) is 12.0. The fourth-order valence-corrected chi connectivity index (χ4v) is 2.87. The summed E-state index contributed by atoms with van der Waals surface area (Å²) in [6.07, 6.45) is 4.84. The molecule has 1 saturated carbocycles. The summed E-state index contributed by atoms with van der Waals surface area (Å²) in [7, 11) is 0. The number of rotatable bonds is 6. The van der Waals surface area contributed by atoms with Crippen molar-refractivity contribution in [2.24, 2.45) is 5.73 Å². The molecule has 120 valence electrons. The number of imide groups is 1. The van der Waals surface area contributed by atoms with E-state index in [-0.39, 0.29) is 48.9 Å². The van der Waals surface area contributed by atoms with Crippen LogP contribution >= 0.6 is 12.4 Å². The molecule has 2 fully saturated rings. The third-order valence-electron chi connectivity index (χ3n) is 4.08. The third-order valence-corrected chi connectivity index (χ3v) is 4.08. The van der Waals surface area contributed by atoms with Crippen LogP contribution in [0.4, 0.5) is 4.79 Å². The fourth-order valence-electron chi connectivity index (χ4n) is 2.87. The second kappa shape index (κ2) is 7.61. The number of hydrogen-bond acceptors (Lipinski definition) is 4. The van der Waals surface area contributed by atoms with Crippen LogP contribution in [0.5, 0.6) is 0 Å². The van der Waals surface area contributed by atoms with E-state index in [0.29, 0.717) is 19.4 Å². The zero-order chi connectivity index (χ0) is 14.6. The van der Waals surface area contributed by atoms with Crippen LogP contribution in [0.15, 0.2) is 0 Å². The predicted octanol–water partition coefficient (Wildman–Crippen LogP) is 0.128. The van der Waals surface area contributed by atoms with Gasteiger partial charge in [-0.15, -0.1) is 12.4 Å². The Morgan fingerprint density at radius 3 is 2.52 bits per heavy atom. The smallest absolute Gasteiger partial charge is 0.324 e. The van der Waals surface area contributed by atoms with Gasteiger partial charge in [0.05, 0.1) is 12.1 Å². The summed E-state index contributed by atoms with van der Waals surface area (Å²) in [5, 5.41) is 5.47. The van der Waals surface area contributed by atoms with Crippen LogP contribution in [-0.4, -0.2) is 47.9 Å². The van der Waals surface area contributed by atoms with E-state index in [1.807, 2.05) is 0 Å². The summed E-state index contributed by atoms with van der Waals surface area (Å²) in [5.41, 5.74) is 5.52. The molecule has 7 nitrogen and oxygen atoms in total. The number of carbonyl (C=O) groups is 3. The minimum Gasteiger partial charge on any atom is -0.349 e. The molecule has 0 atom stereocenters. The Balaban J connectivity index is 0.00000220. The first kappa shape index (κ1) is 17.7. The molecule has 0 aromatic carbocycles. The van der Waals surface area contributed by atoms with Crippen LogP contribution in [-0.2, 0) is 9.59 Å². The van der Waals surface area contributed by atoms with Gasteiger partial charge in [-0.1, -0.05) is 12.8 Å². The van der Waals surface area contributed by atoms with E-state index in [4.69, 9.17) is 5.73 Å². The lowest BCUT2D eigenvalue weighted by Crippen LogP contribution is -2.51. The molecular formula is C13H23ClN4O3. The normalized spacial score (nSPS) is 20.1. The van der Waals surface area contributed by atoms with Crippen LogP contribution in [0, 0.1) is 0 Å². The fraction of sp³-hybridized carbons (Fsp3) is 0.769. The maximum Gasteiger partial charge on any atom is 0.324 e. The number of amides is 4. The average Bonchev–Trinajstić information content (AvgIpc) is 3.00.